The highest BCUT2D eigenvalue weighted by Gasteiger charge is 2.22. The largest absolute Gasteiger partial charge is 0.497 e. The fourth-order valence-electron chi connectivity index (χ4n) is 3.23. The molecule has 31 heavy (non-hydrogen) atoms. The second-order valence-corrected chi connectivity index (χ2v) is 7.87. The highest BCUT2D eigenvalue weighted by atomic mass is 32.1. The summed E-state index contributed by atoms with van der Waals surface area (Å²) in [4.78, 5) is 26.1. The summed E-state index contributed by atoms with van der Waals surface area (Å²) < 4.78 is 5.19. The molecule has 0 radical (unpaired) electrons. The molecule has 2 aromatic carbocycles. The molecule has 0 unspecified atom stereocenters. The number of hydrogen-bond donors (Lipinski definition) is 3. The van der Waals surface area contributed by atoms with Gasteiger partial charge in [-0.1, -0.05) is 18.2 Å². The number of nitrogens with zero attached hydrogens (tertiary/aromatic N) is 1. The summed E-state index contributed by atoms with van der Waals surface area (Å²) in [6.45, 7) is 1.63. The van der Waals surface area contributed by atoms with Gasteiger partial charge in [0, 0.05) is 17.5 Å². The Bertz CT molecular complexity index is 1180. The van der Waals surface area contributed by atoms with Crippen LogP contribution in [0.3, 0.4) is 0 Å². The maximum absolute atomic E-state index is 13.0. The van der Waals surface area contributed by atoms with E-state index in [0.29, 0.717) is 21.9 Å². The molecule has 8 heteroatoms. The van der Waals surface area contributed by atoms with Crippen molar-refractivity contribution in [3.63, 3.8) is 0 Å². The van der Waals surface area contributed by atoms with Gasteiger partial charge in [-0.05, 0) is 42.3 Å². The number of aliphatic hydroxyl groups excluding tert-OH is 1. The van der Waals surface area contributed by atoms with Gasteiger partial charge in [-0.3, -0.25) is 9.59 Å². The molecule has 3 N–H and O–H groups in total. The first-order valence-electron chi connectivity index (χ1n) is 9.38. The number of methoxy groups -OCH3 is 1. The molecule has 3 aromatic rings. The summed E-state index contributed by atoms with van der Waals surface area (Å²) in [6.07, 6.45) is 0. The van der Waals surface area contributed by atoms with E-state index < -0.39 is 11.8 Å². The Balaban J connectivity index is 1.99. The number of aliphatic hydroxyl groups is 1. The molecule has 0 aliphatic heterocycles. The number of rotatable bonds is 6. The molecule has 2 amide bonds. The smallest absolute Gasteiger partial charge is 0.257 e. The second-order valence-electron chi connectivity index (χ2n) is 6.65. The van der Waals surface area contributed by atoms with Gasteiger partial charge in [-0.25, -0.2) is 0 Å². The van der Waals surface area contributed by atoms with E-state index in [-0.39, 0.29) is 17.7 Å². The van der Waals surface area contributed by atoms with E-state index in [1.165, 1.54) is 30.5 Å². The Morgan fingerprint density at radius 2 is 1.84 bits per heavy atom. The zero-order chi connectivity index (χ0) is 22.5. The van der Waals surface area contributed by atoms with E-state index in [1.807, 2.05) is 31.2 Å². The summed E-state index contributed by atoms with van der Waals surface area (Å²) in [5, 5.41) is 24.8. The van der Waals surface area contributed by atoms with E-state index in [2.05, 4.69) is 16.7 Å². The number of anilines is 1. The van der Waals surface area contributed by atoms with Crippen molar-refractivity contribution in [2.75, 3.05) is 19.5 Å². The van der Waals surface area contributed by atoms with Crippen molar-refractivity contribution in [2.24, 2.45) is 0 Å². The van der Waals surface area contributed by atoms with Crippen LogP contribution in [0.15, 0.2) is 42.5 Å². The molecule has 0 spiro atoms. The third kappa shape index (κ3) is 4.43. The molecule has 0 fully saturated rings. The Morgan fingerprint density at radius 1 is 1.13 bits per heavy atom. The zero-order valence-corrected chi connectivity index (χ0v) is 18.1. The molecule has 0 atom stereocenters. The van der Waals surface area contributed by atoms with Gasteiger partial charge in [0.2, 0.25) is 0 Å². The second kappa shape index (κ2) is 9.43. The van der Waals surface area contributed by atoms with Crippen LogP contribution in [0.4, 0.5) is 5.00 Å². The summed E-state index contributed by atoms with van der Waals surface area (Å²) in [7, 11) is 3.05. The molecule has 1 aromatic heterocycles. The van der Waals surface area contributed by atoms with Crippen molar-refractivity contribution in [1.82, 2.24) is 5.32 Å². The minimum atomic E-state index is -0.512. The number of thiophene rings is 1. The lowest BCUT2D eigenvalue weighted by Gasteiger charge is -2.10. The zero-order valence-electron chi connectivity index (χ0n) is 17.3. The number of benzene rings is 2. The summed E-state index contributed by atoms with van der Waals surface area (Å²) >= 11 is 1.29. The van der Waals surface area contributed by atoms with Crippen molar-refractivity contribution >= 4 is 28.2 Å². The molecule has 0 saturated carbocycles. The highest BCUT2D eigenvalue weighted by Crippen LogP contribution is 2.40. The molecule has 0 aliphatic carbocycles. The Hall–Kier alpha value is -3.67. The minimum absolute atomic E-state index is 0.147. The van der Waals surface area contributed by atoms with Crippen LogP contribution in [0.25, 0.3) is 11.1 Å². The number of amides is 2. The fraction of sp³-hybridized carbons (Fsp3) is 0.174. The van der Waals surface area contributed by atoms with Gasteiger partial charge >= 0.3 is 0 Å². The monoisotopic (exact) mass is 435 g/mol. The van der Waals surface area contributed by atoms with Crippen LogP contribution in [-0.2, 0) is 6.61 Å². The lowest BCUT2D eigenvalue weighted by molar-refractivity contribution is 0.0948. The number of nitriles is 1. The normalized spacial score (nSPS) is 10.3. The molecular weight excluding hydrogens is 414 g/mol. The fourth-order valence-corrected chi connectivity index (χ4v) is 4.25. The standard InChI is InChI=1S/C23H21N3O4S/c1-13-20(15-5-7-16(30-3)8-6-15)19(11-24)23(31-13)26-22(29)17-9-4-14(12-27)10-18(17)21(28)25-2/h4-10,27H,12H2,1-3H3,(H,25,28)(H,26,29). The quantitative estimate of drug-likeness (QED) is 0.547. The van der Waals surface area contributed by atoms with Gasteiger partial charge in [0.1, 0.15) is 16.8 Å². The van der Waals surface area contributed by atoms with E-state index in [0.717, 1.165) is 16.0 Å². The molecule has 7 nitrogen and oxygen atoms in total. The van der Waals surface area contributed by atoms with Crippen LogP contribution in [0.2, 0.25) is 0 Å². The third-order valence-corrected chi connectivity index (χ3v) is 5.81. The molecule has 158 valence electrons. The van der Waals surface area contributed by atoms with Crippen molar-refractivity contribution in [3.8, 4) is 22.9 Å². The van der Waals surface area contributed by atoms with Crippen LogP contribution >= 0.6 is 11.3 Å². The Labute approximate surface area is 183 Å². The third-order valence-electron chi connectivity index (χ3n) is 4.78. The van der Waals surface area contributed by atoms with Crippen LogP contribution < -0.4 is 15.4 Å². The van der Waals surface area contributed by atoms with Gasteiger partial charge in [0.05, 0.1) is 30.4 Å². The SMILES string of the molecule is CNC(=O)c1cc(CO)ccc1C(=O)Nc1sc(C)c(-c2ccc(OC)cc2)c1C#N. The molecular formula is C23H21N3O4S. The van der Waals surface area contributed by atoms with Crippen LogP contribution in [-0.4, -0.2) is 31.1 Å². The number of ether oxygens (including phenoxy) is 1. The number of nitrogens with one attached hydrogen (secondary N) is 2. The Kier molecular flexibility index (Phi) is 6.70. The van der Waals surface area contributed by atoms with Crippen molar-refractivity contribution < 1.29 is 19.4 Å². The van der Waals surface area contributed by atoms with Crippen LogP contribution in [0.1, 0.15) is 36.7 Å². The van der Waals surface area contributed by atoms with E-state index in [4.69, 9.17) is 4.74 Å². The minimum Gasteiger partial charge on any atom is -0.497 e. The lowest BCUT2D eigenvalue weighted by atomic mass is 10.0. The first-order valence-corrected chi connectivity index (χ1v) is 10.2. The molecule has 3 rings (SSSR count). The number of carbonyl (C=O) groups is 2. The molecule has 1 heterocycles. The van der Waals surface area contributed by atoms with Gasteiger partial charge in [0.15, 0.2) is 0 Å². The Morgan fingerprint density at radius 3 is 2.42 bits per heavy atom. The summed E-state index contributed by atoms with van der Waals surface area (Å²) in [5.74, 6) is -0.249. The number of hydrogen-bond acceptors (Lipinski definition) is 6. The topological polar surface area (TPSA) is 111 Å². The van der Waals surface area contributed by atoms with E-state index >= 15 is 0 Å². The maximum atomic E-state index is 13.0. The highest BCUT2D eigenvalue weighted by molar-refractivity contribution is 7.17. The van der Waals surface area contributed by atoms with Crippen molar-refractivity contribution in [1.29, 1.82) is 5.26 Å². The molecule has 0 saturated heterocycles. The molecule has 0 aliphatic rings. The average Bonchev–Trinajstić information content (AvgIpc) is 3.12. The van der Waals surface area contributed by atoms with Gasteiger partial charge in [-0.2, -0.15) is 5.26 Å². The van der Waals surface area contributed by atoms with Crippen molar-refractivity contribution in [2.45, 2.75) is 13.5 Å². The van der Waals surface area contributed by atoms with E-state index in [1.54, 1.807) is 13.2 Å². The number of aryl methyl sites for hydroxylation is 1. The predicted octanol–water partition coefficient (Wildman–Crippen LogP) is 3.71. The molecule has 0 bridgehead atoms. The van der Waals surface area contributed by atoms with Gasteiger partial charge in [0.25, 0.3) is 11.8 Å². The lowest BCUT2D eigenvalue weighted by Crippen LogP contribution is -2.23. The predicted molar refractivity (Wildman–Crippen MR) is 119 cm³/mol. The van der Waals surface area contributed by atoms with Crippen LogP contribution in [0, 0.1) is 18.3 Å². The first kappa shape index (κ1) is 22.0. The summed E-state index contributed by atoms with van der Waals surface area (Å²) in [6, 6.07) is 14.1. The van der Waals surface area contributed by atoms with Gasteiger partial charge in [-0.15, -0.1) is 11.3 Å². The van der Waals surface area contributed by atoms with Crippen LogP contribution in [0.5, 0.6) is 5.75 Å². The first-order chi connectivity index (χ1) is 14.9. The van der Waals surface area contributed by atoms with Gasteiger partial charge < -0.3 is 20.5 Å². The summed E-state index contributed by atoms with van der Waals surface area (Å²) in [5.41, 5.74) is 2.75. The van der Waals surface area contributed by atoms with E-state index in [9.17, 15) is 20.0 Å². The van der Waals surface area contributed by atoms with Crippen molar-refractivity contribution in [3.05, 3.63) is 69.6 Å². The average molecular weight is 436 g/mol. The maximum Gasteiger partial charge on any atom is 0.257 e. The number of carbonyl (C=O) groups excluding carboxylic acids is 2.